The zero-order valence-electron chi connectivity index (χ0n) is 19.9. The highest BCUT2D eigenvalue weighted by Crippen LogP contribution is 2.40. The highest BCUT2D eigenvalue weighted by atomic mass is 32.1. The Labute approximate surface area is 209 Å². The number of halogens is 1. The number of benzene rings is 2. The van der Waals surface area contributed by atoms with Crippen molar-refractivity contribution in [1.29, 1.82) is 0 Å². The SMILES string of the molecule is Cc1ccc(-c2cc3c(c(OC[C@@H]4CCCCO4)c2)OCCN(C(=O)Cc2ccc(F)cc2)C3)s1. The minimum Gasteiger partial charge on any atom is -0.487 e. The van der Waals surface area contributed by atoms with Crippen LogP contribution in [-0.4, -0.2) is 43.3 Å². The lowest BCUT2D eigenvalue weighted by molar-refractivity contribution is -0.131. The first kappa shape index (κ1) is 23.8. The quantitative estimate of drug-likeness (QED) is 0.435. The summed E-state index contributed by atoms with van der Waals surface area (Å²) in [6.45, 7) is 4.65. The van der Waals surface area contributed by atoms with E-state index in [-0.39, 0.29) is 24.2 Å². The maximum absolute atomic E-state index is 13.3. The van der Waals surface area contributed by atoms with Crippen LogP contribution < -0.4 is 9.47 Å². The standard InChI is InChI=1S/C28H30FNO4S/c1-19-5-10-26(35-19)21-15-22-17-30(27(31)14-20-6-8-23(29)9-7-20)11-13-33-28(22)25(16-21)34-18-24-4-2-3-12-32-24/h5-10,15-16,24H,2-4,11-14,17-18H2,1H3/t24-/m0/s1. The van der Waals surface area contributed by atoms with Gasteiger partial charge in [-0.1, -0.05) is 12.1 Å². The molecule has 1 saturated heterocycles. The summed E-state index contributed by atoms with van der Waals surface area (Å²) in [6.07, 6.45) is 3.57. The maximum atomic E-state index is 13.3. The molecule has 3 heterocycles. The number of hydrogen-bond acceptors (Lipinski definition) is 5. The van der Waals surface area contributed by atoms with E-state index >= 15 is 0 Å². The topological polar surface area (TPSA) is 48.0 Å². The van der Waals surface area contributed by atoms with E-state index in [1.54, 1.807) is 23.5 Å². The molecule has 7 heteroatoms. The van der Waals surface area contributed by atoms with Crippen molar-refractivity contribution >= 4 is 17.2 Å². The molecule has 2 aromatic carbocycles. The molecule has 1 fully saturated rings. The lowest BCUT2D eigenvalue weighted by Gasteiger charge is -2.24. The molecule has 35 heavy (non-hydrogen) atoms. The van der Waals surface area contributed by atoms with Gasteiger partial charge in [-0.25, -0.2) is 4.39 Å². The van der Waals surface area contributed by atoms with Gasteiger partial charge in [0.15, 0.2) is 11.5 Å². The van der Waals surface area contributed by atoms with Crippen LogP contribution in [0.2, 0.25) is 0 Å². The van der Waals surface area contributed by atoms with Crippen LogP contribution in [0.3, 0.4) is 0 Å². The number of hydrogen-bond donors (Lipinski definition) is 0. The van der Waals surface area contributed by atoms with Crippen LogP contribution in [0.25, 0.3) is 10.4 Å². The summed E-state index contributed by atoms with van der Waals surface area (Å²) in [7, 11) is 0. The molecular weight excluding hydrogens is 465 g/mol. The van der Waals surface area contributed by atoms with Gasteiger partial charge in [0.05, 0.1) is 19.1 Å². The van der Waals surface area contributed by atoms with E-state index in [0.717, 1.165) is 47.4 Å². The first-order valence-corrected chi connectivity index (χ1v) is 13.0. The molecule has 184 valence electrons. The second-order valence-electron chi connectivity index (χ2n) is 9.14. The molecule has 2 aliphatic heterocycles. The fourth-order valence-electron chi connectivity index (χ4n) is 4.55. The molecule has 0 bridgehead atoms. The normalized spacial score (nSPS) is 17.9. The van der Waals surface area contributed by atoms with Crippen molar-refractivity contribution in [3.05, 3.63) is 70.4 Å². The van der Waals surface area contributed by atoms with E-state index in [1.165, 1.54) is 17.0 Å². The van der Waals surface area contributed by atoms with Crippen molar-refractivity contribution < 1.29 is 23.4 Å². The smallest absolute Gasteiger partial charge is 0.227 e. The Morgan fingerprint density at radius 2 is 2.00 bits per heavy atom. The van der Waals surface area contributed by atoms with Crippen molar-refractivity contribution in [3.8, 4) is 21.9 Å². The first-order chi connectivity index (χ1) is 17.0. The third kappa shape index (κ3) is 5.85. The molecule has 3 aromatic rings. The number of aryl methyl sites for hydroxylation is 1. The zero-order chi connectivity index (χ0) is 24.2. The van der Waals surface area contributed by atoms with Crippen molar-refractivity contribution in [3.63, 3.8) is 0 Å². The monoisotopic (exact) mass is 495 g/mol. The van der Waals surface area contributed by atoms with Gasteiger partial charge in [-0.05, 0) is 73.7 Å². The number of carbonyl (C=O) groups is 1. The molecule has 0 saturated carbocycles. The van der Waals surface area contributed by atoms with Gasteiger partial charge in [-0.3, -0.25) is 4.79 Å². The number of carbonyl (C=O) groups excluding carboxylic acids is 1. The van der Waals surface area contributed by atoms with E-state index in [4.69, 9.17) is 14.2 Å². The molecule has 5 nitrogen and oxygen atoms in total. The predicted molar refractivity (Wildman–Crippen MR) is 135 cm³/mol. The summed E-state index contributed by atoms with van der Waals surface area (Å²) in [4.78, 5) is 17.3. The van der Waals surface area contributed by atoms with Crippen LogP contribution >= 0.6 is 11.3 Å². The van der Waals surface area contributed by atoms with Gasteiger partial charge < -0.3 is 19.1 Å². The van der Waals surface area contributed by atoms with E-state index in [2.05, 4.69) is 25.1 Å². The lowest BCUT2D eigenvalue weighted by Crippen LogP contribution is -2.33. The summed E-state index contributed by atoms with van der Waals surface area (Å²) < 4.78 is 31.6. The Bertz CT molecular complexity index is 1170. The Morgan fingerprint density at radius 3 is 2.74 bits per heavy atom. The van der Waals surface area contributed by atoms with E-state index in [1.807, 2.05) is 11.0 Å². The van der Waals surface area contributed by atoms with Gasteiger partial charge in [-0.15, -0.1) is 11.3 Å². The molecule has 0 radical (unpaired) electrons. The van der Waals surface area contributed by atoms with E-state index in [9.17, 15) is 9.18 Å². The van der Waals surface area contributed by atoms with Crippen molar-refractivity contribution in [2.45, 2.75) is 45.3 Å². The fourth-order valence-corrected chi connectivity index (χ4v) is 5.40. The third-order valence-electron chi connectivity index (χ3n) is 6.45. The number of ether oxygens (including phenoxy) is 3. The van der Waals surface area contributed by atoms with Gasteiger partial charge >= 0.3 is 0 Å². The molecule has 0 aliphatic carbocycles. The second-order valence-corrected chi connectivity index (χ2v) is 10.4. The molecule has 1 aromatic heterocycles. The highest BCUT2D eigenvalue weighted by Gasteiger charge is 2.25. The first-order valence-electron chi connectivity index (χ1n) is 12.2. The van der Waals surface area contributed by atoms with Crippen molar-refractivity contribution in [2.75, 3.05) is 26.4 Å². The van der Waals surface area contributed by atoms with Crippen molar-refractivity contribution in [2.24, 2.45) is 0 Å². The molecule has 5 rings (SSSR count). The Hall–Kier alpha value is -2.90. The van der Waals surface area contributed by atoms with Crippen LogP contribution in [0.1, 0.15) is 35.3 Å². The molecule has 0 spiro atoms. The van der Waals surface area contributed by atoms with Gasteiger partial charge in [0, 0.05) is 28.5 Å². The number of nitrogens with zero attached hydrogens (tertiary/aromatic N) is 1. The average Bonchev–Trinajstić information content (AvgIpc) is 3.18. The maximum Gasteiger partial charge on any atom is 0.227 e. The molecule has 2 aliphatic rings. The average molecular weight is 496 g/mol. The molecule has 0 unspecified atom stereocenters. The van der Waals surface area contributed by atoms with Crippen molar-refractivity contribution in [1.82, 2.24) is 4.90 Å². The van der Waals surface area contributed by atoms with Gasteiger partial charge in [0.1, 0.15) is 19.0 Å². The largest absolute Gasteiger partial charge is 0.487 e. The van der Waals surface area contributed by atoms with Gasteiger partial charge in [0.2, 0.25) is 5.91 Å². The summed E-state index contributed by atoms with van der Waals surface area (Å²) in [5.74, 6) is 1.09. The van der Waals surface area contributed by atoms with E-state index < -0.39 is 0 Å². The van der Waals surface area contributed by atoms with Gasteiger partial charge in [0.25, 0.3) is 0 Å². The summed E-state index contributed by atoms with van der Waals surface area (Å²) >= 11 is 1.73. The third-order valence-corrected chi connectivity index (χ3v) is 7.50. The number of rotatable bonds is 6. The molecule has 1 amide bonds. The molecular formula is C28H30FNO4S. The van der Waals surface area contributed by atoms with E-state index in [0.29, 0.717) is 37.8 Å². The van der Waals surface area contributed by atoms with Crippen LogP contribution in [0.15, 0.2) is 48.5 Å². The summed E-state index contributed by atoms with van der Waals surface area (Å²) in [6, 6.07) is 14.5. The fraction of sp³-hybridized carbons (Fsp3) is 0.393. The highest BCUT2D eigenvalue weighted by molar-refractivity contribution is 7.15. The summed E-state index contributed by atoms with van der Waals surface area (Å²) in [5, 5.41) is 0. The number of thiophene rings is 1. The predicted octanol–water partition coefficient (Wildman–Crippen LogP) is 5.77. The minimum atomic E-state index is -0.305. The lowest BCUT2D eigenvalue weighted by atomic mass is 10.1. The number of fused-ring (bicyclic) bond motifs is 1. The number of amides is 1. The Balaban J connectivity index is 1.40. The molecule has 0 N–H and O–H groups in total. The minimum absolute atomic E-state index is 0.0106. The van der Waals surface area contributed by atoms with Crippen LogP contribution in [0.4, 0.5) is 4.39 Å². The van der Waals surface area contributed by atoms with Crippen LogP contribution in [0, 0.1) is 12.7 Å². The van der Waals surface area contributed by atoms with Gasteiger partial charge in [-0.2, -0.15) is 0 Å². The molecule has 1 atom stereocenters. The van der Waals surface area contributed by atoms with Crippen LogP contribution in [0.5, 0.6) is 11.5 Å². The Kier molecular flexibility index (Phi) is 7.35. The Morgan fingerprint density at radius 1 is 1.14 bits per heavy atom. The summed E-state index contributed by atoms with van der Waals surface area (Å²) in [5.41, 5.74) is 2.78. The zero-order valence-corrected chi connectivity index (χ0v) is 20.7. The second kappa shape index (κ2) is 10.8. The van der Waals surface area contributed by atoms with Crippen LogP contribution in [-0.2, 0) is 22.5 Å².